The number of benzene rings is 2. The van der Waals surface area contributed by atoms with E-state index in [-0.39, 0.29) is 18.0 Å². The maximum absolute atomic E-state index is 13.1. The molecule has 0 atom stereocenters. The highest BCUT2D eigenvalue weighted by atomic mass is 35.5. The van der Waals surface area contributed by atoms with Crippen molar-refractivity contribution in [3.63, 3.8) is 0 Å². The van der Waals surface area contributed by atoms with E-state index in [1.54, 1.807) is 30.3 Å². The lowest BCUT2D eigenvalue weighted by Crippen LogP contribution is -2.38. The summed E-state index contributed by atoms with van der Waals surface area (Å²) in [5.74, 6) is 0.807. The maximum Gasteiger partial charge on any atom is 0.268 e. The molecular weight excluding hydrogens is 338 g/mol. The van der Waals surface area contributed by atoms with E-state index in [1.807, 2.05) is 13.0 Å². The van der Waals surface area contributed by atoms with Crippen molar-refractivity contribution in [1.29, 1.82) is 0 Å². The van der Waals surface area contributed by atoms with Crippen molar-refractivity contribution in [2.24, 2.45) is 0 Å². The van der Waals surface area contributed by atoms with Crippen LogP contribution in [0.3, 0.4) is 0 Å². The highest BCUT2D eigenvalue weighted by molar-refractivity contribution is 7.93. The number of hydrogen-bond donors (Lipinski definition) is 0. The van der Waals surface area contributed by atoms with Crippen LogP contribution in [0.25, 0.3) is 0 Å². The summed E-state index contributed by atoms with van der Waals surface area (Å²) in [4.78, 5) is 0.132. The molecule has 0 N–H and O–H groups in total. The highest BCUT2D eigenvalue weighted by Crippen LogP contribution is 2.39. The second kappa shape index (κ2) is 5.94. The minimum absolute atomic E-state index is 0.132. The van der Waals surface area contributed by atoms with Crippen LogP contribution in [0.5, 0.6) is 11.5 Å². The summed E-state index contributed by atoms with van der Waals surface area (Å²) in [6.07, 6.45) is 0. The number of hydrogen-bond acceptors (Lipinski definition) is 4. The van der Waals surface area contributed by atoms with Crippen molar-refractivity contribution >= 4 is 27.3 Å². The second-order valence-corrected chi connectivity index (χ2v) is 7.46. The fourth-order valence-corrected chi connectivity index (χ4v) is 4.38. The highest BCUT2D eigenvalue weighted by Gasteiger charge is 2.32. The zero-order valence-electron chi connectivity index (χ0n) is 12.7. The lowest BCUT2D eigenvalue weighted by molar-refractivity contribution is 0.315. The molecule has 0 unspecified atom stereocenters. The number of halogens is 1. The fraction of sp³-hybridized carbons (Fsp3) is 0.250. The molecule has 3 rings (SSSR count). The number of sulfonamides is 1. The number of aryl methyl sites for hydroxylation is 1. The molecule has 2 aromatic rings. The van der Waals surface area contributed by atoms with Crippen molar-refractivity contribution in [2.75, 3.05) is 24.6 Å². The third kappa shape index (κ3) is 2.84. The summed E-state index contributed by atoms with van der Waals surface area (Å²) >= 11 is 6.02. The van der Waals surface area contributed by atoms with Gasteiger partial charge in [0.1, 0.15) is 23.0 Å². The Balaban J connectivity index is 2.16. The molecule has 0 radical (unpaired) electrons. The van der Waals surface area contributed by atoms with Crippen LogP contribution in [0.15, 0.2) is 41.3 Å². The minimum Gasteiger partial charge on any atom is -0.495 e. The van der Waals surface area contributed by atoms with Gasteiger partial charge in [-0.3, -0.25) is 4.31 Å². The Morgan fingerprint density at radius 2 is 2.00 bits per heavy atom. The molecule has 0 fully saturated rings. The monoisotopic (exact) mass is 353 g/mol. The molecule has 1 aliphatic rings. The molecule has 0 amide bonds. The SMILES string of the molecule is COc1ccc(C)cc1S(=O)(=O)N1CCOc2ccc(Cl)cc21. The van der Waals surface area contributed by atoms with Gasteiger partial charge in [0.25, 0.3) is 10.0 Å². The van der Waals surface area contributed by atoms with E-state index in [0.717, 1.165) is 5.56 Å². The average molecular weight is 354 g/mol. The van der Waals surface area contributed by atoms with Gasteiger partial charge in [-0.1, -0.05) is 17.7 Å². The molecule has 0 aliphatic carbocycles. The first-order valence-corrected chi connectivity index (χ1v) is 8.85. The average Bonchev–Trinajstić information content (AvgIpc) is 2.54. The lowest BCUT2D eigenvalue weighted by Gasteiger charge is -2.31. The van der Waals surface area contributed by atoms with Gasteiger partial charge >= 0.3 is 0 Å². The number of anilines is 1. The fourth-order valence-electron chi connectivity index (χ4n) is 2.52. The molecule has 0 aromatic heterocycles. The number of fused-ring (bicyclic) bond motifs is 1. The van der Waals surface area contributed by atoms with Crippen LogP contribution in [0.2, 0.25) is 5.02 Å². The van der Waals surface area contributed by atoms with Crippen LogP contribution >= 0.6 is 11.6 Å². The Morgan fingerprint density at radius 1 is 1.22 bits per heavy atom. The third-order valence-corrected chi connectivity index (χ3v) is 5.70. The molecule has 122 valence electrons. The molecule has 7 heteroatoms. The Bertz CT molecular complexity index is 851. The number of methoxy groups -OCH3 is 1. The molecule has 5 nitrogen and oxygen atoms in total. The quantitative estimate of drug-likeness (QED) is 0.850. The maximum atomic E-state index is 13.1. The van der Waals surface area contributed by atoms with Crippen molar-refractivity contribution in [1.82, 2.24) is 0 Å². The van der Waals surface area contributed by atoms with E-state index in [4.69, 9.17) is 21.1 Å². The zero-order valence-corrected chi connectivity index (χ0v) is 14.3. The summed E-state index contributed by atoms with van der Waals surface area (Å²) in [6, 6.07) is 10.0. The van der Waals surface area contributed by atoms with Crippen LogP contribution in [0, 0.1) is 6.92 Å². The summed E-state index contributed by atoms with van der Waals surface area (Å²) in [6.45, 7) is 2.33. The van der Waals surface area contributed by atoms with E-state index < -0.39 is 10.0 Å². The normalized spacial score (nSPS) is 14.1. The van der Waals surface area contributed by atoms with Crippen molar-refractivity contribution in [3.05, 3.63) is 47.0 Å². The van der Waals surface area contributed by atoms with Gasteiger partial charge in [0, 0.05) is 5.02 Å². The molecule has 2 aromatic carbocycles. The van der Waals surface area contributed by atoms with Crippen molar-refractivity contribution in [2.45, 2.75) is 11.8 Å². The standard InChI is InChI=1S/C16H16ClNO4S/c1-11-3-5-15(21-2)16(9-11)23(19,20)18-7-8-22-14-6-4-12(17)10-13(14)18/h3-6,9-10H,7-8H2,1-2H3. The van der Waals surface area contributed by atoms with Crippen molar-refractivity contribution in [3.8, 4) is 11.5 Å². The van der Waals surface area contributed by atoms with E-state index in [1.165, 1.54) is 11.4 Å². The zero-order chi connectivity index (χ0) is 16.6. The smallest absolute Gasteiger partial charge is 0.268 e. The summed E-state index contributed by atoms with van der Waals surface area (Å²) < 4.78 is 38.3. The van der Waals surface area contributed by atoms with E-state index in [0.29, 0.717) is 22.2 Å². The van der Waals surface area contributed by atoms with Gasteiger partial charge in [-0.05, 0) is 42.8 Å². The lowest BCUT2D eigenvalue weighted by atomic mass is 10.2. The van der Waals surface area contributed by atoms with E-state index in [9.17, 15) is 8.42 Å². The second-order valence-electron chi connectivity index (χ2n) is 5.19. The van der Waals surface area contributed by atoms with E-state index in [2.05, 4.69) is 0 Å². The first-order chi connectivity index (χ1) is 10.9. The third-order valence-electron chi connectivity index (χ3n) is 3.63. The van der Waals surface area contributed by atoms with Crippen LogP contribution in [-0.2, 0) is 10.0 Å². The summed E-state index contributed by atoms with van der Waals surface area (Å²) in [7, 11) is -2.34. The predicted octanol–water partition coefficient (Wildman–Crippen LogP) is 3.24. The number of rotatable bonds is 3. The van der Waals surface area contributed by atoms with Gasteiger partial charge in [0.05, 0.1) is 19.3 Å². The number of ether oxygens (including phenoxy) is 2. The molecule has 23 heavy (non-hydrogen) atoms. The van der Waals surface area contributed by atoms with Crippen LogP contribution in [0.1, 0.15) is 5.56 Å². The molecule has 1 aliphatic heterocycles. The predicted molar refractivity (Wildman–Crippen MR) is 89.2 cm³/mol. The van der Waals surface area contributed by atoms with Gasteiger partial charge < -0.3 is 9.47 Å². The van der Waals surface area contributed by atoms with Gasteiger partial charge in [0.15, 0.2) is 0 Å². The largest absolute Gasteiger partial charge is 0.495 e. The van der Waals surface area contributed by atoms with Gasteiger partial charge in [-0.25, -0.2) is 8.42 Å². The first-order valence-electron chi connectivity index (χ1n) is 7.03. The Kier molecular flexibility index (Phi) is 4.12. The van der Waals surface area contributed by atoms with Crippen LogP contribution in [-0.4, -0.2) is 28.7 Å². The Morgan fingerprint density at radius 3 is 2.74 bits per heavy atom. The molecule has 0 bridgehead atoms. The van der Waals surface area contributed by atoms with Gasteiger partial charge in [0.2, 0.25) is 0 Å². The molecule has 0 saturated heterocycles. The molecule has 0 spiro atoms. The van der Waals surface area contributed by atoms with Crippen LogP contribution < -0.4 is 13.8 Å². The first kappa shape index (κ1) is 16.0. The van der Waals surface area contributed by atoms with Crippen LogP contribution in [0.4, 0.5) is 5.69 Å². The topological polar surface area (TPSA) is 55.8 Å². The summed E-state index contributed by atoms with van der Waals surface area (Å²) in [5, 5.41) is 0.450. The number of nitrogens with zero attached hydrogens (tertiary/aromatic N) is 1. The van der Waals surface area contributed by atoms with Gasteiger partial charge in [-0.2, -0.15) is 0 Å². The molecule has 1 heterocycles. The van der Waals surface area contributed by atoms with Gasteiger partial charge in [-0.15, -0.1) is 0 Å². The minimum atomic E-state index is -3.79. The summed E-state index contributed by atoms with van der Waals surface area (Å²) in [5.41, 5.74) is 1.27. The molecule has 0 saturated carbocycles. The Hall–Kier alpha value is -1.92. The molecular formula is C16H16ClNO4S. The van der Waals surface area contributed by atoms with E-state index >= 15 is 0 Å². The van der Waals surface area contributed by atoms with Crippen molar-refractivity contribution < 1.29 is 17.9 Å². The Labute approximate surface area is 140 Å².